The fourth-order valence-corrected chi connectivity index (χ4v) is 3.43. The number of nitrogens with one attached hydrogen (secondary N) is 1. The Morgan fingerprint density at radius 3 is 2.79 bits per heavy atom. The minimum Gasteiger partial charge on any atom is -0.387 e. The van der Waals surface area contributed by atoms with Gasteiger partial charge < -0.3 is 5.32 Å². The maximum atomic E-state index is 14.0. The number of rotatable bonds is 1. The molecule has 1 heterocycles. The Balaban J connectivity index is 2.39. The summed E-state index contributed by atoms with van der Waals surface area (Å²) in [6.45, 7) is 0. The summed E-state index contributed by atoms with van der Waals surface area (Å²) in [5.41, 5.74) is 3.83. The maximum absolute atomic E-state index is 14.0. The van der Waals surface area contributed by atoms with Crippen molar-refractivity contribution in [2.24, 2.45) is 0 Å². The molecule has 100 valence electrons. The average Bonchev–Trinajstić information content (AvgIpc) is 2.66. The summed E-state index contributed by atoms with van der Waals surface area (Å²) in [5, 5.41) is 4.12. The maximum Gasteiger partial charge on any atom is 0.149 e. The SMILES string of the molecule is CNc1c2c(nc3c(F)ccc(Br)c13)CCCCC2. The van der Waals surface area contributed by atoms with Crippen LogP contribution in [0.4, 0.5) is 10.1 Å². The van der Waals surface area contributed by atoms with Gasteiger partial charge in [0.1, 0.15) is 11.3 Å². The van der Waals surface area contributed by atoms with Crippen LogP contribution in [0.15, 0.2) is 16.6 Å². The molecule has 1 aliphatic rings. The number of aromatic nitrogens is 1. The zero-order valence-electron chi connectivity index (χ0n) is 10.9. The van der Waals surface area contributed by atoms with Gasteiger partial charge in [0.25, 0.3) is 0 Å². The predicted octanol–water partition coefficient (Wildman–Crippen LogP) is 4.45. The van der Waals surface area contributed by atoms with E-state index in [2.05, 4.69) is 26.2 Å². The van der Waals surface area contributed by atoms with Gasteiger partial charge in [-0.05, 0) is 43.4 Å². The third kappa shape index (κ3) is 2.12. The van der Waals surface area contributed by atoms with Crippen molar-refractivity contribution in [1.29, 1.82) is 0 Å². The molecule has 0 unspecified atom stereocenters. The summed E-state index contributed by atoms with van der Waals surface area (Å²) in [4.78, 5) is 4.60. The molecule has 2 nitrogen and oxygen atoms in total. The van der Waals surface area contributed by atoms with Gasteiger partial charge >= 0.3 is 0 Å². The Labute approximate surface area is 120 Å². The number of pyridine rings is 1. The topological polar surface area (TPSA) is 24.9 Å². The fraction of sp³-hybridized carbons (Fsp3) is 0.400. The number of fused-ring (bicyclic) bond motifs is 2. The molecule has 0 saturated carbocycles. The second-order valence-corrected chi connectivity index (χ2v) is 5.83. The Morgan fingerprint density at radius 2 is 2.00 bits per heavy atom. The van der Waals surface area contributed by atoms with Crippen molar-refractivity contribution in [2.75, 3.05) is 12.4 Å². The summed E-state index contributed by atoms with van der Waals surface area (Å²) >= 11 is 3.52. The van der Waals surface area contributed by atoms with Gasteiger partial charge in [0.15, 0.2) is 0 Å². The molecule has 1 aromatic carbocycles. The monoisotopic (exact) mass is 322 g/mol. The van der Waals surface area contributed by atoms with Crippen molar-refractivity contribution >= 4 is 32.5 Å². The normalized spacial score (nSPS) is 15.1. The fourth-order valence-electron chi connectivity index (χ4n) is 2.91. The Morgan fingerprint density at radius 1 is 1.21 bits per heavy atom. The van der Waals surface area contributed by atoms with Crippen LogP contribution in [-0.2, 0) is 12.8 Å². The van der Waals surface area contributed by atoms with Crippen LogP contribution in [0.5, 0.6) is 0 Å². The second kappa shape index (κ2) is 5.08. The van der Waals surface area contributed by atoms with Gasteiger partial charge in [-0.25, -0.2) is 9.37 Å². The number of hydrogen-bond donors (Lipinski definition) is 1. The first kappa shape index (κ1) is 12.9. The van der Waals surface area contributed by atoms with Gasteiger partial charge in [0.2, 0.25) is 0 Å². The Bertz CT molecular complexity index is 640. The Kier molecular flexibility index (Phi) is 3.44. The minimum absolute atomic E-state index is 0.248. The van der Waals surface area contributed by atoms with Crippen molar-refractivity contribution < 1.29 is 4.39 Å². The zero-order chi connectivity index (χ0) is 13.4. The van der Waals surface area contributed by atoms with Crippen LogP contribution in [0, 0.1) is 5.82 Å². The molecule has 1 aliphatic carbocycles. The van der Waals surface area contributed by atoms with Crippen LogP contribution in [0.3, 0.4) is 0 Å². The number of benzene rings is 1. The Hall–Kier alpha value is -1.16. The van der Waals surface area contributed by atoms with Crippen LogP contribution in [0.2, 0.25) is 0 Å². The van der Waals surface area contributed by atoms with Crippen LogP contribution >= 0.6 is 15.9 Å². The van der Waals surface area contributed by atoms with Crippen LogP contribution in [0.25, 0.3) is 10.9 Å². The summed E-state index contributed by atoms with van der Waals surface area (Å²) < 4.78 is 14.9. The number of aryl methyl sites for hydroxylation is 1. The first-order valence-electron chi connectivity index (χ1n) is 6.69. The number of anilines is 1. The largest absolute Gasteiger partial charge is 0.387 e. The zero-order valence-corrected chi connectivity index (χ0v) is 12.5. The van der Waals surface area contributed by atoms with Crippen molar-refractivity contribution in [3.63, 3.8) is 0 Å². The standard InChI is InChI=1S/C15H16BrFN2/c1-18-14-9-5-3-2-4-6-12(9)19-15-11(17)8-7-10(16)13(14)15/h7-8H,2-6H2,1H3,(H,18,19). The number of nitrogens with zero attached hydrogens (tertiary/aromatic N) is 1. The molecule has 0 aliphatic heterocycles. The van der Waals surface area contributed by atoms with E-state index in [0.717, 1.165) is 40.5 Å². The molecule has 4 heteroatoms. The lowest BCUT2D eigenvalue weighted by Gasteiger charge is -2.16. The van der Waals surface area contributed by atoms with Crippen LogP contribution < -0.4 is 5.32 Å². The first-order chi connectivity index (χ1) is 9.22. The predicted molar refractivity (Wildman–Crippen MR) is 80.2 cm³/mol. The van der Waals surface area contributed by atoms with E-state index >= 15 is 0 Å². The van der Waals surface area contributed by atoms with E-state index in [1.165, 1.54) is 24.5 Å². The summed E-state index contributed by atoms with van der Waals surface area (Å²) in [7, 11) is 1.90. The summed E-state index contributed by atoms with van der Waals surface area (Å²) in [5.74, 6) is -0.248. The minimum atomic E-state index is -0.248. The molecule has 0 atom stereocenters. The van der Waals surface area contributed by atoms with Gasteiger partial charge in [0.05, 0.1) is 0 Å². The molecule has 0 spiro atoms. The van der Waals surface area contributed by atoms with Gasteiger partial charge in [-0.15, -0.1) is 0 Å². The van der Waals surface area contributed by atoms with Gasteiger partial charge in [0, 0.05) is 28.3 Å². The number of halogens is 2. The molecule has 0 bridgehead atoms. The van der Waals surface area contributed by atoms with E-state index in [4.69, 9.17) is 0 Å². The highest BCUT2D eigenvalue weighted by atomic mass is 79.9. The lowest BCUT2D eigenvalue weighted by Crippen LogP contribution is -2.04. The van der Waals surface area contributed by atoms with Crippen molar-refractivity contribution in [3.8, 4) is 0 Å². The van der Waals surface area contributed by atoms with Crippen molar-refractivity contribution in [3.05, 3.63) is 33.7 Å². The molecule has 0 radical (unpaired) electrons. The lowest BCUT2D eigenvalue weighted by atomic mass is 10.0. The molecule has 3 rings (SSSR count). The van der Waals surface area contributed by atoms with Gasteiger partial charge in [-0.2, -0.15) is 0 Å². The third-order valence-electron chi connectivity index (χ3n) is 3.82. The highest BCUT2D eigenvalue weighted by Gasteiger charge is 2.19. The second-order valence-electron chi connectivity index (χ2n) is 4.98. The van der Waals surface area contributed by atoms with Crippen LogP contribution in [0.1, 0.15) is 30.5 Å². The van der Waals surface area contributed by atoms with E-state index in [0.29, 0.717) is 5.52 Å². The summed E-state index contributed by atoms with van der Waals surface area (Å²) in [6, 6.07) is 3.23. The molecule has 0 saturated heterocycles. The highest BCUT2D eigenvalue weighted by molar-refractivity contribution is 9.10. The molecule has 1 aromatic heterocycles. The van der Waals surface area contributed by atoms with Crippen LogP contribution in [-0.4, -0.2) is 12.0 Å². The number of hydrogen-bond acceptors (Lipinski definition) is 2. The van der Waals surface area contributed by atoms with E-state index in [-0.39, 0.29) is 5.82 Å². The quantitative estimate of drug-likeness (QED) is 0.785. The molecule has 19 heavy (non-hydrogen) atoms. The van der Waals surface area contributed by atoms with E-state index < -0.39 is 0 Å². The lowest BCUT2D eigenvalue weighted by molar-refractivity contribution is 0.635. The average molecular weight is 323 g/mol. The smallest absolute Gasteiger partial charge is 0.149 e. The van der Waals surface area contributed by atoms with E-state index in [1.54, 1.807) is 6.07 Å². The first-order valence-corrected chi connectivity index (χ1v) is 7.49. The van der Waals surface area contributed by atoms with Crippen molar-refractivity contribution in [1.82, 2.24) is 4.98 Å². The third-order valence-corrected chi connectivity index (χ3v) is 4.48. The molecule has 2 aromatic rings. The molecule has 1 N–H and O–H groups in total. The molecule has 0 amide bonds. The van der Waals surface area contributed by atoms with Crippen molar-refractivity contribution in [2.45, 2.75) is 32.1 Å². The van der Waals surface area contributed by atoms with E-state index in [1.807, 2.05) is 7.05 Å². The molecular weight excluding hydrogens is 307 g/mol. The summed E-state index contributed by atoms with van der Waals surface area (Å²) in [6.07, 6.45) is 5.52. The van der Waals surface area contributed by atoms with E-state index in [9.17, 15) is 4.39 Å². The van der Waals surface area contributed by atoms with Gasteiger partial charge in [-0.3, -0.25) is 0 Å². The molecule has 0 fully saturated rings. The molecular formula is C15H16BrFN2. The van der Waals surface area contributed by atoms with Gasteiger partial charge in [-0.1, -0.05) is 22.4 Å². The highest BCUT2D eigenvalue weighted by Crippen LogP contribution is 2.37.